The van der Waals surface area contributed by atoms with Crippen LogP contribution in [0.3, 0.4) is 0 Å². The maximum Gasteiger partial charge on any atom is 0.222 e. The van der Waals surface area contributed by atoms with Gasteiger partial charge in [0.05, 0.1) is 0 Å². The van der Waals surface area contributed by atoms with Crippen molar-refractivity contribution in [1.29, 1.82) is 0 Å². The van der Waals surface area contributed by atoms with Crippen LogP contribution in [0.4, 0.5) is 5.82 Å². The van der Waals surface area contributed by atoms with E-state index in [9.17, 15) is 4.79 Å². The van der Waals surface area contributed by atoms with Crippen molar-refractivity contribution in [3.05, 3.63) is 52.5 Å². The number of aryl methyl sites for hydroxylation is 3. The van der Waals surface area contributed by atoms with Crippen molar-refractivity contribution < 1.29 is 4.79 Å². The van der Waals surface area contributed by atoms with Crippen LogP contribution in [0.1, 0.15) is 55.4 Å². The molecule has 0 spiro atoms. The Hall–Kier alpha value is -2.43. The van der Waals surface area contributed by atoms with Gasteiger partial charge in [0.25, 0.3) is 0 Å². The summed E-state index contributed by atoms with van der Waals surface area (Å²) >= 11 is 0. The molecular formula is C24H34N4O. The Morgan fingerprint density at radius 3 is 2.45 bits per heavy atom. The summed E-state index contributed by atoms with van der Waals surface area (Å²) in [4.78, 5) is 26.4. The lowest BCUT2D eigenvalue weighted by molar-refractivity contribution is -0.132. The largest absolute Gasteiger partial charge is 0.353 e. The number of rotatable bonds is 6. The molecule has 0 N–H and O–H groups in total. The summed E-state index contributed by atoms with van der Waals surface area (Å²) in [6.45, 7) is 13.6. The normalized spacial score (nSPS) is 14.6. The Bertz CT molecular complexity index is 854. The Kier molecular flexibility index (Phi) is 6.88. The second-order valence-corrected chi connectivity index (χ2v) is 8.50. The van der Waals surface area contributed by atoms with E-state index in [1.807, 2.05) is 11.8 Å². The molecule has 5 heteroatoms. The lowest BCUT2D eigenvalue weighted by Crippen LogP contribution is -2.49. The van der Waals surface area contributed by atoms with Crippen LogP contribution < -0.4 is 4.90 Å². The molecule has 29 heavy (non-hydrogen) atoms. The molecule has 1 aromatic heterocycles. The number of anilines is 1. The van der Waals surface area contributed by atoms with Gasteiger partial charge in [0.1, 0.15) is 11.6 Å². The molecule has 5 nitrogen and oxygen atoms in total. The molecule has 1 aliphatic rings. The van der Waals surface area contributed by atoms with E-state index in [1.165, 1.54) is 16.7 Å². The average molecular weight is 395 g/mol. The van der Waals surface area contributed by atoms with E-state index in [0.717, 1.165) is 56.4 Å². The number of aromatic nitrogens is 2. The third-order valence-corrected chi connectivity index (χ3v) is 5.50. The highest BCUT2D eigenvalue weighted by atomic mass is 16.2. The molecule has 2 heterocycles. The molecule has 1 fully saturated rings. The van der Waals surface area contributed by atoms with Gasteiger partial charge in [-0.1, -0.05) is 50.6 Å². The number of hydrogen-bond acceptors (Lipinski definition) is 4. The molecule has 1 aromatic carbocycles. The van der Waals surface area contributed by atoms with Crippen LogP contribution in [0.25, 0.3) is 0 Å². The predicted octanol–water partition coefficient (Wildman–Crippen LogP) is 3.94. The summed E-state index contributed by atoms with van der Waals surface area (Å²) in [6, 6.07) is 8.67. The van der Waals surface area contributed by atoms with Gasteiger partial charge in [0, 0.05) is 50.3 Å². The standard InChI is InChI=1S/C24H34N4O/c1-6-22-21(16-20-9-7-8-18(4)15-20)24(26-19(5)25-22)28-12-10-27(11-13-28)23(29)14-17(2)3/h7-9,15,17H,6,10-14,16H2,1-5H3. The van der Waals surface area contributed by atoms with Gasteiger partial charge in [-0.3, -0.25) is 4.79 Å². The third-order valence-electron chi connectivity index (χ3n) is 5.50. The average Bonchev–Trinajstić information content (AvgIpc) is 2.68. The van der Waals surface area contributed by atoms with Crippen molar-refractivity contribution in [3.63, 3.8) is 0 Å². The lowest BCUT2D eigenvalue weighted by atomic mass is 10.0. The molecular weight excluding hydrogens is 360 g/mol. The molecule has 1 amide bonds. The maximum absolute atomic E-state index is 12.4. The summed E-state index contributed by atoms with van der Waals surface area (Å²) < 4.78 is 0. The van der Waals surface area contributed by atoms with Crippen LogP contribution >= 0.6 is 0 Å². The van der Waals surface area contributed by atoms with Gasteiger partial charge in [-0.2, -0.15) is 0 Å². The Morgan fingerprint density at radius 1 is 1.10 bits per heavy atom. The summed E-state index contributed by atoms with van der Waals surface area (Å²) in [5.41, 5.74) is 4.92. The van der Waals surface area contributed by atoms with E-state index in [2.05, 4.69) is 56.9 Å². The number of benzene rings is 1. The van der Waals surface area contributed by atoms with Crippen molar-refractivity contribution in [2.75, 3.05) is 31.1 Å². The second kappa shape index (κ2) is 9.38. The van der Waals surface area contributed by atoms with Gasteiger partial charge in [-0.15, -0.1) is 0 Å². The van der Waals surface area contributed by atoms with Crippen molar-refractivity contribution in [2.24, 2.45) is 5.92 Å². The van der Waals surface area contributed by atoms with Crippen molar-refractivity contribution in [2.45, 2.75) is 53.9 Å². The minimum Gasteiger partial charge on any atom is -0.353 e. The van der Waals surface area contributed by atoms with Gasteiger partial charge in [0.15, 0.2) is 0 Å². The number of hydrogen-bond donors (Lipinski definition) is 0. The number of amides is 1. The fraction of sp³-hybridized carbons (Fsp3) is 0.542. The first-order valence-electron chi connectivity index (χ1n) is 10.8. The number of nitrogens with zero attached hydrogens (tertiary/aromatic N) is 4. The zero-order chi connectivity index (χ0) is 21.0. The molecule has 1 saturated heterocycles. The third kappa shape index (κ3) is 5.34. The zero-order valence-electron chi connectivity index (χ0n) is 18.5. The molecule has 0 bridgehead atoms. The highest BCUT2D eigenvalue weighted by Crippen LogP contribution is 2.26. The first-order valence-corrected chi connectivity index (χ1v) is 10.8. The molecule has 0 aliphatic carbocycles. The summed E-state index contributed by atoms with van der Waals surface area (Å²) in [7, 11) is 0. The Labute approximate surface area is 175 Å². The van der Waals surface area contributed by atoms with Crippen LogP contribution in [-0.4, -0.2) is 47.0 Å². The SMILES string of the molecule is CCc1nc(C)nc(N2CCN(C(=O)CC(C)C)CC2)c1Cc1cccc(C)c1. The minimum absolute atomic E-state index is 0.271. The van der Waals surface area contributed by atoms with Crippen molar-refractivity contribution >= 4 is 11.7 Å². The van der Waals surface area contributed by atoms with Gasteiger partial charge in [0.2, 0.25) is 5.91 Å². The molecule has 0 radical (unpaired) electrons. The van der Waals surface area contributed by atoms with Crippen LogP contribution in [0.2, 0.25) is 0 Å². The Morgan fingerprint density at radius 2 is 1.83 bits per heavy atom. The minimum atomic E-state index is 0.271. The van der Waals surface area contributed by atoms with Crippen LogP contribution in [0.15, 0.2) is 24.3 Å². The van der Waals surface area contributed by atoms with Crippen molar-refractivity contribution in [3.8, 4) is 0 Å². The van der Waals surface area contributed by atoms with E-state index in [1.54, 1.807) is 0 Å². The first kappa shape index (κ1) is 21.3. The summed E-state index contributed by atoms with van der Waals surface area (Å²) in [5.74, 6) is 2.54. The summed E-state index contributed by atoms with van der Waals surface area (Å²) in [6.07, 6.45) is 2.36. The van der Waals surface area contributed by atoms with E-state index in [0.29, 0.717) is 12.3 Å². The maximum atomic E-state index is 12.4. The van der Waals surface area contributed by atoms with Gasteiger partial charge < -0.3 is 9.80 Å². The second-order valence-electron chi connectivity index (χ2n) is 8.50. The predicted molar refractivity (Wildman–Crippen MR) is 118 cm³/mol. The highest BCUT2D eigenvalue weighted by Gasteiger charge is 2.25. The Balaban J connectivity index is 1.83. The van der Waals surface area contributed by atoms with E-state index in [4.69, 9.17) is 9.97 Å². The van der Waals surface area contributed by atoms with E-state index < -0.39 is 0 Å². The van der Waals surface area contributed by atoms with Crippen molar-refractivity contribution in [1.82, 2.24) is 14.9 Å². The van der Waals surface area contributed by atoms with Gasteiger partial charge in [-0.05, 0) is 31.7 Å². The molecule has 0 saturated carbocycles. The molecule has 2 aromatic rings. The van der Waals surface area contributed by atoms with Crippen LogP contribution in [-0.2, 0) is 17.6 Å². The highest BCUT2D eigenvalue weighted by molar-refractivity contribution is 5.76. The number of carbonyl (C=O) groups excluding carboxylic acids is 1. The van der Waals surface area contributed by atoms with E-state index >= 15 is 0 Å². The topological polar surface area (TPSA) is 49.3 Å². The molecule has 0 unspecified atom stereocenters. The first-order chi connectivity index (χ1) is 13.9. The molecule has 3 rings (SSSR count). The number of carbonyl (C=O) groups is 1. The van der Waals surface area contributed by atoms with Crippen LogP contribution in [0, 0.1) is 19.8 Å². The van der Waals surface area contributed by atoms with Crippen LogP contribution in [0.5, 0.6) is 0 Å². The van der Waals surface area contributed by atoms with Gasteiger partial charge in [-0.25, -0.2) is 9.97 Å². The smallest absolute Gasteiger partial charge is 0.222 e. The lowest BCUT2D eigenvalue weighted by Gasteiger charge is -2.37. The zero-order valence-corrected chi connectivity index (χ0v) is 18.5. The summed E-state index contributed by atoms with van der Waals surface area (Å²) in [5, 5.41) is 0. The fourth-order valence-electron chi connectivity index (χ4n) is 4.04. The van der Waals surface area contributed by atoms with Gasteiger partial charge >= 0.3 is 0 Å². The van der Waals surface area contributed by atoms with E-state index in [-0.39, 0.29) is 5.91 Å². The molecule has 1 aliphatic heterocycles. The quantitative estimate of drug-likeness (QED) is 0.745. The number of piperazine rings is 1. The molecule has 156 valence electrons. The fourth-order valence-corrected chi connectivity index (χ4v) is 4.04. The molecule has 0 atom stereocenters. The monoisotopic (exact) mass is 394 g/mol.